The molecule has 0 radical (unpaired) electrons. The fourth-order valence-corrected chi connectivity index (χ4v) is 2.70. The van der Waals surface area contributed by atoms with Gasteiger partial charge in [-0.1, -0.05) is 19.1 Å². The molecule has 0 bridgehead atoms. The number of likely N-dealkylation sites (N-methyl/N-ethyl adjacent to an activating group) is 1. The average Bonchev–Trinajstić information content (AvgIpc) is 2.35. The highest BCUT2D eigenvalue weighted by Gasteiger charge is 2.12. The van der Waals surface area contributed by atoms with Crippen LogP contribution in [0.4, 0.5) is 0 Å². The van der Waals surface area contributed by atoms with Crippen LogP contribution >= 0.6 is 0 Å². The molecule has 0 saturated carbocycles. The second-order valence-electron chi connectivity index (χ2n) is 4.63. The molecule has 0 aromatic heterocycles. The van der Waals surface area contributed by atoms with Crippen LogP contribution in [0.15, 0.2) is 29.2 Å². The van der Waals surface area contributed by atoms with Gasteiger partial charge in [0.1, 0.15) is 0 Å². The molecule has 0 aliphatic heterocycles. The molecule has 0 heterocycles. The second-order valence-corrected chi connectivity index (χ2v) is 6.40. The van der Waals surface area contributed by atoms with Gasteiger partial charge in [0.05, 0.1) is 4.90 Å². The molecule has 5 nitrogen and oxygen atoms in total. The Bertz CT molecular complexity index is 469. The van der Waals surface area contributed by atoms with Crippen molar-refractivity contribution >= 4 is 10.0 Å². The number of benzene rings is 1. The van der Waals surface area contributed by atoms with Gasteiger partial charge in [0.2, 0.25) is 10.0 Å². The molecule has 0 spiro atoms. The van der Waals surface area contributed by atoms with Gasteiger partial charge in [0.25, 0.3) is 0 Å². The molecule has 0 aliphatic rings. The van der Waals surface area contributed by atoms with E-state index in [0.29, 0.717) is 18.0 Å². The second kappa shape index (κ2) is 7.59. The Labute approximate surface area is 116 Å². The zero-order valence-electron chi connectivity index (χ0n) is 11.8. The van der Waals surface area contributed by atoms with Crippen LogP contribution < -0.4 is 10.0 Å². The molecule has 2 N–H and O–H groups in total. The van der Waals surface area contributed by atoms with Crippen molar-refractivity contribution in [1.29, 1.82) is 0 Å². The summed E-state index contributed by atoms with van der Waals surface area (Å²) in [5.41, 5.74) is 1.09. The van der Waals surface area contributed by atoms with Gasteiger partial charge < -0.3 is 10.2 Å². The molecule has 1 aromatic carbocycles. The van der Waals surface area contributed by atoms with Crippen molar-refractivity contribution in [2.75, 3.05) is 33.7 Å². The Balaban J connectivity index is 2.63. The van der Waals surface area contributed by atoms with E-state index in [2.05, 4.69) is 10.0 Å². The highest BCUT2D eigenvalue weighted by Crippen LogP contribution is 2.11. The Morgan fingerprint density at radius 2 is 1.74 bits per heavy atom. The largest absolute Gasteiger partial charge is 0.316 e. The summed E-state index contributed by atoms with van der Waals surface area (Å²) >= 11 is 0. The van der Waals surface area contributed by atoms with Crippen LogP contribution in [0.3, 0.4) is 0 Å². The molecule has 0 unspecified atom stereocenters. The molecule has 6 heteroatoms. The first-order valence-electron chi connectivity index (χ1n) is 6.39. The van der Waals surface area contributed by atoms with E-state index in [1.165, 1.54) is 0 Å². The first kappa shape index (κ1) is 16.1. The van der Waals surface area contributed by atoms with Crippen LogP contribution in [-0.2, 0) is 16.6 Å². The van der Waals surface area contributed by atoms with E-state index < -0.39 is 10.0 Å². The van der Waals surface area contributed by atoms with Crippen LogP contribution in [0.1, 0.15) is 12.5 Å². The quantitative estimate of drug-likeness (QED) is 0.688. The minimum Gasteiger partial charge on any atom is -0.316 e. The summed E-state index contributed by atoms with van der Waals surface area (Å²) in [5.74, 6) is 0. The maximum Gasteiger partial charge on any atom is 0.240 e. The van der Waals surface area contributed by atoms with Crippen LogP contribution in [0.25, 0.3) is 0 Å². The van der Waals surface area contributed by atoms with Crippen LogP contribution in [0.2, 0.25) is 0 Å². The minimum absolute atomic E-state index is 0.312. The number of hydrogen-bond acceptors (Lipinski definition) is 4. The number of nitrogens with one attached hydrogen (secondary N) is 2. The molecule has 0 atom stereocenters. The summed E-state index contributed by atoms with van der Waals surface area (Å²) < 4.78 is 26.5. The highest BCUT2D eigenvalue weighted by atomic mass is 32.2. The van der Waals surface area contributed by atoms with Gasteiger partial charge in [0.15, 0.2) is 0 Å². The third kappa shape index (κ3) is 5.69. The number of rotatable bonds is 8. The minimum atomic E-state index is -3.39. The Kier molecular flexibility index (Phi) is 6.44. The van der Waals surface area contributed by atoms with E-state index >= 15 is 0 Å². The molecule has 0 saturated heterocycles. The van der Waals surface area contributed by atoms with E-state index in [1.807, 2.05) is 38.1 Å². The van der Waals surface area contributed by atoms with Gasteiger partial charge in [0, 0.05) is 19.6 Å². The fraction of sp³-hybridized carbons (Fsp3) is 0.538. The monoisotopic (exact) mass is 285 g/mol. The van der Waals surface area contributed by atoms with Crippen molar-refractivity contribution < 1.29 is 8.42 Å². The molecule has 1 rings (SSSR count). The molecular weight excluding hydrogens is 262 g/mol. The number of nitrogens with zero attached hydrogens (tertiary/aromatic N) is 1. The maximum absolute atomic E-state index is 12.0. The van der Waals surface area contributed by atoms with Crippen molar-refractivity contribution in [3.8, 4) is 0 Å². The molecule has 108 valence electrons. The molecular formula is C13H23N3O2S. The molecule has 0 aliphatic carbocycles. The normalized spacial score (nSPS) is 12.0. The van der Waals surface area contributed by atoms with E-state index in [-0.39, 0.29) is 0 Å². The van der Waals surface area contributed by atoms with Crippen LogP contribution in [-0.4, -0.2) is 47.0 Å². The summed E-state index contributed by atoms with van der Waals surface area (Å²) in [5, 5.41) is 3.07. The predicted molar refractivity (Wildman–Crippen MR) is 77.6 cm³/mol. The summed E-state index contributed by atoms with van der Waals surface area (Å²) in [4.78, 5) is 2.35. The first-order chi connectivity index (χ1) is 8.95. The SMILES string of the molecule is CCNCCNS(=O)(=O)c1ccc(CN(C)C)cc1. The number of hydrogen-bond donors (Lipinski definition) is 2. The standard InChI is InChI=1S/C13H23N3O2S/c1-4-14-9-10-15-19(17,18)13-7-5-12(6-8-13)11-16(2)3/h5-8,14-15H,4,9-11H2,1-3H3. The Morgan fingerprint density at radius 3 is 2.26 bits per heavy atom. The Morgan fingerprint density at radius 1 is 1.11 bits per heavy atom. The summed E-state index contributed by atoms with van der Waals surface area (Å²) in [6, 6.07) is 6.99. The van der Waals surface area contributed by atoms with E-state index in [4.69, 9.17) is 0 Å². The van der Waals surface area contributed by atoms with Gasteiger partial charge >= 0.3 is 0 Å². The maximum atomic E-state index is 12.0. The lowest BCUT2D eigenvalue weighted by Crippen LogP contribution is -2.31. The molecule has 0 amide bonds. The van der Waals surface area contributed by atoms with Gasteiger partial charge in [-0.15, -0.1) is 0 Å². The van der Waals surface area contributed by atoms with Gasteiger partial charge in [-0.3, -0.25) is 0 Å². The van der Waals surface area contributed by atoms with Gasteiger partial charge in [-0.2, -0.15) is 0 Å². The lowest BCUT2D eigenvalue weighted by atomic mass is 10.2. The van der Waals surface area contributed by atoms with E-state index in [1.54, 1.807) is 12.1 Å². The summed E-state index contributed by atoms with van der Waals surface area (Å²) in [6.45, 7) is 4.65. The zero-order valence-corrected chi connectivity index (χ0v) is 12.6. The lowest BCUT2D eigenvalue weighted by Gasteiger charge is -2.11. The summed E-state index contributed by atoms with van der Waals surface area (Å²) in [6.07, 6.45) is 0. The first-order valence-corrected chi connectivity index (χ1v) is 7.88. The molecule has 19 heavy (non-hydrogen) atoms. The predicted octanol–water partition coefficient (Wildman–Crippen LogP) is 0.636. The third-order valence-corrected chi connectivity index (χ3v) is 4.05. The topological polar surface area (TPSA) is 61.4 Å². The van der Waals surface area contributed by atoms with Crippen molar-refractivity contribution in [1.82, 2.24) is 14.9 Å². The smallest absolute Gasteiger partial charge is 0.240 e. The van der Waals surface area contributed by atoms with Crippen molar-refractivity contribution in [3.63, 3.8) is 0 Å². The van der Waals surface area contributed by atoms with Crippen LogP contribution in [0, 0.1) is 0 Å². The third-order valence-electron chi connectivity index (χ3n) is 2.58. The van der Waals surface area contributed by atoms with Crippen molar-refractivity contribution in [2.45, 2.75) is 18.4 Å². The highest BCUT2D eigenvalue weighted by molar-refractivity contribution is 7.89. The lowest BCUT2D eigenvalue weighted by molar-refractivity contribution is 0.402. The van der Waals surface area contributed by atoms with Crippen molar-refractivity contribution in [3.05, 3.63) is 29.8 Å². The van der Waals surface area contributed by atoms with Crippen LogP contribution in [0.5, 0.6) is 0 Å². The van der Waals surface area contributed by atoms with Gasteiger partial charge in [-0.05, 0) is 38.3 Å². The molecule has 1 aromatic rings. The van der Waals surface area contributed by atoms with E-state index in [0.717, 1.165) is 18.7 Å². The molecule has 0 fully saturated rings. The Hall–Kier alpha value is -0.950. The fourth-order valence-electron chi connectivity index (χ4n) is 1.67. The zero-order chi connectivity index (χ0) is 14.3. The number of sulfonamides is 1. The van der Waals surface area contributed by atoms with E-state index in [9.17, 15) is 8.42 Å². The van der Waals surface area contributed by atoms with Crippen molar-refractivity contribution in [2.24, 2.45) is 0 Å². The van der Waals surface area contributed by atoms with Gasteiger partial charge in [-0.25, -0.2) is 13.1 Å². The summed E-state index contributed by atoms with van der Waals surface area (Å²) in [7, 11) is 0.569. The average molecular weight is 285 g/mol.